The number of carbonyl (C=O) groups is 1. The minimum absolute atomic E-state index is 0.414. The van der Waals surface area contributed by atoms with Crippen LogP contribution >= 0.6 is 0 Å². The molecule has 1 heterocycles. The van der Waals surface area contributed by atoms with Crippen molar-refractivity contribution < 1.29 is 14.6 Å². The predicted octanol–water partition coefficient (Wildman–Crippen LogP) is 4.84. The SMILES string of the molecule is Cc1ccc(COc2ccc(CN[C@@H](Cc3c[nH]c4ccccc34)C(=O)O)cc2)cc1. The molecule has 0 aliphatic rings. The summed E-state index contributed by atoms with van der Waals surface area (Å²) < 4.78 is 5.84. The lowest BCUT2D eigenvalue weighted by Crippen LogP contribution is -2.38. The Hall–Kier alpha value is -3.57. The molecule has 4 aromatic rings. The molecule has 3 N–H and O–H groups in total. The third-order valence-electron chi connectivity index (χ3n) is 5.40. The number of aryl methyl sites for hydroxylation is 1. The molecule has 31 heavy (non-hydrogen) atoms. The van der Waals surface area contributed by atoms with E-state index in [9.17, 15) is 9.90 Å². The lowest BCUT2D eigenvalue weighted by Gasteiger charge is -2.14. The molecule has 0 fully saturated rings. The first-order valence-electron chi connectivity index (χ1n) is 10.4. The van der Waals surface area contributed by atoms with Gasteiger partial charge >= 0.3 is 5.97 Å². The highest BCUT2D eigenvalue weighted by Gasteiger charge is 2.19. The van der Waals surface area contributed by atoms with Crippen molar-refractivity contribution in [3.63, 3.8) is 0 Å². The molecule has 1 atom stereocenters. The van der Waals surface area contributed by atoms with Gasteiger partial charge in [0, 0.05) is 30.1 Å². The Morgan fingerprint density at radius 2 is 1.71 bits per heavy atom. The summed E-state index contributed by atoms with van der Waals surface area (Å²) in [5.74, 6) is -0.0683. The molecule has 5 nitrogen and oxygen atoms in total. The highest BCUT2D eigenvalue weighted by Crippen LogP contribution is 2.20. The number of H-pyrrole nitrogens is 1. The molecule has 4 rings (SSSR count). The molecule has 0 saturated carbocycles. The molecule has 3 aromatic carbocycles. The lowest BCUT2D eigenvalue weighted by atomic mass is 10.0. The van der Waals surface area contributed by atoms with Crippen molar-refractivity contribution in [2.24, 2.45) is 0 Å². The van der Waals surface area contributed by atoms with Crippen LogP contribution in [0.1, 0.15) is 22.3 Å². The summed E-state index contributed by atoms with van der Waals surface area (Å²) in [5.41, 5.74) is 5.37. The molecule has 1 aromatic heterocycles. The number of fused-ring (bicyclic) bond motifs is 1. The first-order chi connectivity index (χ1) is 15.1. The van der Waals surface area contributed by atoms with E-state index in [2.05, 4.69) is 41.5 Å². The number of nitrogens with one attached hydrogen (secondary N) is 2. The summed E-state index contributed by atoms with van der Waals surface area (Å²) >= 11 is 0. The Morgan fingerprint density at radius 1 is 1.00 bits per heavy atom. The van der Waals surface area contributed by atoms with Gasteiger partial charge < -0.3 is 20.1 Å². The van der Waals surface area contributed by atoms with Crippen LogP contribution in [0.15, 0.2) is 79.0 Å². The van der Waals surface area contributed by atoms with Crippen molar-refractivity contribution in [2.75, 3.05) is 0 Å². The van der Waals surface area contributed by atoms with E-state index in [1.165, 1.54) is 5.56 Å². The summed E-state index contributed by atoms with van der Waals surface area (Å²) in [4.78, 5) is 15.0. The summed E-state index contributed by atoms with van der Waals surface area (Å²) in [6.45, 7) is 3.05. The molecule has 158 valence electrons. The number of carboxylic acids is 1. The number of aromatic amines is 1. The van der Waals surface area contributed by atoms with E-state index in [4.69, 9.17) is 4.74 Å². The summed E-state index contributed by atoms with van der Waals surface area (Å²) in [6.07, 6.45) is 2.31. The molecule has 0 aliphatic heterocycles. The van der Waals surface area contributed by atoms with E-state index in [0.29, 0.717) is 19.6 Å². The summed E-state index contributed by atoms with van der Waals surface area (Å²) in [7, 11) is 0. The summed E-state index contributed by atoms with van der Waals surface area (Å²) in [5, 5.41) is 13.9. The Morgan fingerprint density at radius 3 is 2.45 bits per heavy atom. The topological polar surface area (TPSA) is 74.3 Å². The number of carboxylic acid groups (broad SMARTS) is 1. The van der Waals surface area contributed by atoms with Gasteiger partial charge in [0.25, 0.3) is 0 Å². The molecule has 5 heteroatoms. The third-order valence-corrected chi connectivity index (χ3v) is 5.40. The number of rotatable bonds is 9. The highest BCUT2D eigenvalue weighted by molar-refractivity contribution is 5.84. The number of aromatic nitrogens is 1. The van der Waals surface area contributed by atoms with Gasteiger partial charge in [-0.25, -0.2) is 0 Å². The Balaban J connectivity index is 1.33. The Kier molecular flexibility index (Phi) is 6.34. The molecule has 0 spiro atoms. The average molecular weight is 415 g/mol. The Bertz CT molecular complexity index is 1150. The van der Waals surface area contributed by atoms with Crippen LogP contribution in [0, 0.1) is 6.92 Å². The van der Waals surface area contributed by atoms with Gasteiger partial charge in [-0.3, -0.25) is 4.79 Å². The number of para-hydroxylation sites is 1. The molecule has 0 amide bonds. The number of ether oxygens (including phenoxy) is 1. The monoisotopic (exact) mass is 414 g/mol. The molecule has 0 bridgehead atoms. The number of benzene rings is 3. The van der Waals surface area contributed by atoms with Crippen molar-refractivity contribution in [1.29, 1.82) is 0 Å². The fourth-order valence-electron chi connectivity index (χ4n) is 3.56. The van der Waals surface area contributed by atoms with Crippen LogP contribution in [-0.4, -0.2) is 22.1 Å². The molecule has 0 saturated heterocycles. The quantitative estimate of drug-likeness (QED) is 0.366. The van der Waals surface area contributed by atoms with Crippen LogP contribution in [0.3, 0.4) is 0 Å². The maximum Gasteiger partial charge on any atom is 0.321 e. The van der Waals surface area contributed by atoms with E-state index >= 15 is 0 Å². The van der Waals surface area contributed by atoms with Crippen LogP contribution in [0.5, 0.6) is 5.75 Å². The molecular formula is C26H26N2O3. The van der Waals surface area contributed by atoms with Crippen molar-refractivity contribution >= 4 is 16.9 Å². The highest BCUT2D eigenvalue weighted by atomic mass is 16.5. The van der Waals surface area contributed by atoms with Crippen LogP contribution < -0.4 is 10.1 Å². The zero-order chi connectivity index (χ0) is 21.6. The zero-order valence-electron chi connectivity index (χ0n) is 17.5. The second-order valence-corrected chi connectivity index (χ2v) is 7.75. The number of hydrogen-bond acceptors (Lipinski definition) is 3. The molecule has 0 radical (unpaired) electrons. The van der Waals surface area contributed by atoms with Crippen LogP contribution in [0.4, 0.5) is 0 Å². The Labute approximate surface area is 181 Å². The second kappa shape index (κ2) is 9.49. The third kappa shape index (κ3) is 5.32. The molecule has 0 aliphatic carbocycles. The van der Waals surface area contributed by atoms with E-state index in [1.54, 1.807) is 0 Å². The van der Waals surface area contributed by atoms with Crippen molar-refractivity contribution in [3.8, 4) is 5.75 Å². The van der Waals surface area contributed by atoms with Crippen LogP contribution in [0.25, 0.3) is 10.9 Å². The fourth-order valence-corrected chi connectivity index (χ4v) is 3.56. The zero-order valence-corrected chi connectivity index (χ0v) is 17.5. The van der Waals surface area contributed by atoms with E-state index in [1.807, 2.05) is 54.7 Å². The van der Waals surface area contributed by atoms with Crippen molar-refractivity contribution in [2.45, 2.75) is 32.5 Å². The van der Waals surface area contributed by atoms with Crippen LogP contribution in [-0.2, 0) is 24.4 Å². The van der Waals surface area contributed by atoms with E-state index in [0.717, 1.165) is 33.3 Å². The predicted molar refractivity (Wildman–Crippen MR) is 122 cm³/mol. The van der Waals surface area contributed by atoms with Gasteiger partial charge in [-0.1, -0.05) is 60.2 Å². The maximum absolute atomic E-state index is 11.8. The first kappa shape index (κ1) is 20.7. The number of hydrogen-bond donors (Lipinski definition) is 3. The van der Waals surface area contributed by atoms with E-state index in [-0.39, 0.29) is 0 Å². The van der Waals surface area contributed by atoms with Crippen LogP contribution in [0.2, 0.25) is 0 Å². The van der Waals surface area contributed by atoms with Crippen molar-refractivity contribution in [1.82, 2.24) is 10.3 Å². The minimum atomic E-state index is -0.858. The smallest absolute Gasteiger partial charge is 0.321 e. The maximum atomic E-state index is 11.8. The standard InChI is InChI=1S/C26H26N2O3/c1-18-6-8-20(9-7-18)17-31-22-12-10-19(11-13-22)15-27-25(26(29)30)14-21-16-28-24-5-3-2-4-23(21)24/h2-13,16,25,27-28H,14-15,17H2,1H3,(H,29,30)/t25-/m0/s1. The minimum Gasteiger partial charge on any atom is -0.489 e. The van der Waals surface area contributed by atoms with Gasteiger partial charge in [0.15, 0.2) is 0 Å². The van der Waals surface area contributed by atoms with Crippen molar-refractivity contribution in [3.05, 3.63) is 101 Å². The van der Waals surface area contributed by atoms with Gasteiger partial charge in [0.2, 0.25) is 0 Å². The molecular weight excluding hydrogens is 388 g/mol. The van der Waals surface area contributed by atoms with Gasteiger partial charge in [-0.05, 0) is 41.8 Å². The fraction of sp³-hybridized carbons (Fsp3) is 0.192. The molecule has 0 unspecified atom stereocenters. The average Bonchev–Trinajstić information content (AvgIpc) is 3.19. The van der Waals surface area contributed by atoms with Gasteiger partial charge in [0.05, 0.1) is 0 Å². The lowest BCUT2D eigenvalue weighted by molar-refractivity contribution is -0.139. The van der Waals surface area contributed by atoms with Gasteiger partial charge in [0.1, 0.15) is 18.4 Å². The number of aliphatic carboxylic acids is 1. The normalized spacial score (nSPS) is 12.0. The van der Waals surface area contributed by atoms with E-state index < -0.39 is 12.0 Å². The summed E-state index contributed by atoms with van der Waals surface area (Å²) in [6, 6.07) is 23.3. The van der Waals surface area contributed by atoms with Gasteiger partial charge in [-0.15, -0.1) is 0 Å². The first-order valence-corrected chi connectivity index (χ1v) is 10.4. The van der Waals surface area contributed by atoms with Gasteiger partial charge in [-0.2, -0.15) is 0 Å². The largest absolute Gasteiger partial charge is 0.489 e. The second-order valence-electron chi connectivity index (χ2n) is 7.75.